The van der Waals surface area contributed by atoms with E-state index >= 15 is 0 Å². The summed E-state index contributed by atoms with van der Waals surface area (Å²) in [7, 11) is 0. The maximum absolute atomic E-state index is 13.5. The van der Waals surface area contributed by atoms with Crippen LogP contribution in [0.3, 0.4) is 0 Å². The molecule has 0 saturated heterocycles. The van der Waals surface area contributed by atoms with Crippen LogP contribution in [0.4, 0.5) is 17.2 Å². The van der Waals surface area contributed by atoms with Crippen molar-refractivity contribution >= 4 is 34.7 Å². The molecule has 0 spiro atoms. The highest BCUT2D eigenvalue weighted by molar-refractivity contribution is 6.30. The van der Waals surface area contributed by atoms with E-state index in [1.807, 2.05) is 55.5 Å². The number of amides is 1. The van der Waals surface area contributed by atoms with Gasteiger partial charge in [-0.1, -0.05) is 41.9 Å². The first-order valence-electron chi connectivity index (χ1n) is 10.8. The molecule has 1 aliphatic heterocycles. The maximum atomic E-state index is 13.5. The van der Waals surface area contributed by atoms with Crippen LogP contribution >= 0.6 is 11.6 Å². The summed E-state index contributed by atoms with van der Waals surface area (Å²) < 4.78 is 1.73. The number of carbonyl (C=O) groups is 1. The molecule has 9 heteroatoms. The Bertz CT molecular complexity index is 1440. The standard InChI is InChI=1S/C26H20ClN5O3/c1-16-24(26(33)29-20-5-3-2-4-6-20)25(18-9-13-21(14-10-18)32(34)35)31-23(28-16)15-22(30-31)17-7-11-19(27)12-8-17/h2-15,25,28H,1H3,(H,29,33). The van der Waals surface area contributed by atoms with Crippen molar-refractivity contribution in [3.63, 3.8) is 0 Å². The summed E-state index contributed by atoms with van der Waals surface area (Å²) in [4.78, 5) is 24.2. The van der Waals surface area contributed by atoms with Crippen LogP contribution in [0, 0.1) is 10.1 Å². The number of nitrogens with zero attached hydrogens (tertiary/aromatic N) is 3. The molecule has 4 aromatic rings. The van der Waals surface area contributed by atoms with Gasteiger partial charge in [0.05, 0.1) is 16.2 Å². The molecular weight excluding hydrogens is 466 g/mol. The number of anilines is 2. The monoisotopic (exact) mass is 485 g/mol. The molecule has 3 aromatic carbocycles. The van der Waals surface area contributed by atoms with Gasteiger partial charge in [-0.25, -0.2) is 4.68 Å². The zero-order chi connectivity index (χ0) is 24.5. The van der Waals surface area contributed by atoms with Crippen molar-refractivity contribution in [2.75, 3.05) is 10.6 Å². The normalized spacial score (nSPS) is 14.7. The predicted molar refractivity (Wildman–Crippen MR) is 135 cm³/mol. The van der Waals surface area contributed by atoms with Crippen molar-refractivity contribution in [2.45, 2.75) is 13.0 Å². The molecule has 0 saturated carbocycles. The Morgan fingerprint density at radius 1 is 1.06 bits per heavy atom. The lowest BCUT2D eigenvalue weighted by atomic mass is 9.94. The van der Waals surface area contributed by atoms with Crippen molar-refractivity contribution < 1.29 is 9.72 Å². The van der Waals surface area contributed by atoms with E-state index < -0.39 is 11.0 Å². The number of halogens is 1. The van der Waals surface area contributed by atoms with Crippen LogP contribution in [0.15, 0.2) is 96.2 Å². The van der Waals surface area contributed by atoms with Gasteiger partial charge >= 0.3 is 0 Å². The van der Waals surface area contributed by atoms with Gasteiger partial charge in [0.15, 0.2) is 0 Å². The molecule has 174 valence electrons. The number of nitro benzene ring substituents is 1. The van der Waals surface area contributed by atoms with Gasteiger partial charge in [-0.15, -0.1) is 0 Å². The molecule has 1 atom stereocenters. The average molecular weight is 486 g/mol. The largest absolute Gasteiger partial charge is 0.344 e. The number of allylic oxidation sites excluding steroid dienone is 1. The molecule has 0 bridgehead atoms. The van der Waals surface area contributed by atoms with E-state index in [0.717, 1.165) is 5.56 Å². The second kappa shape index (κ2) is 9.08. The molecule has 35 heavy (non-hydrogen) atoms. The topological polar surface area (TPSA) is 102 Å². The molecule has 0 radical (unpaired) electrons. The zero-order valence-corrected chi connectivity index (χ0v) is 19.4. The number of carbonyl (C=O) groups excluding carboxylic acids is 1. The second-order valence-corrected chi connectivity index (χ2v) is 8.54. The molecule has 8 nitrogen and oxygen atoms in total. The highest BCUT2D eigenvalue weighted by Gasteiger charge is 2.34. The Morgan fingerprint density at radius 3 is 2.40 bits per heavy atom. The molecule has 0 fully saturated rings. The number of para-hydroxylation sites is 1. The lowest BCUT2D eigenvalue weighted by Gasteiger charge is -2.29. The summed E-state index contributed by atoms with van der Waals surface area (Å²) in [5, 5.41) is 22.9. The van der Waals surface area contributed by atoms with Crippen LogP contribution in [0.5, 0.6) is 0 Å². The molecule has 2 N–H and O–H groups in total. The number of non-ortho nitro benzene ring substituents is 1. The number of nitro groups is 1. The van der Waals surface area contributed by atoms with Gasteiger partial charge in [0.2, 0.25) is 0 Å². The number of aromatic nitrogens is 2. The molecular formula is C26H20ClN5O3. The van der Waals surface area contributed by atoms with E-state index in [0.29, 0.717) is 39.1 Å². The van der Waals surface area contributed by atoms with Gasteiger partial charge in [0.1, 0.15) is 11.9 Å². The van der Waals surface area contributed by atoms with Gasteiger partial charge < -0.3 is 10.6 Å². The Labute approximate surface area is 206 Å². The highest BCUT2D eigenvalue weighted by Crippen LogP contribution is 2.38. The van der Waals surface area contributed by atoms with Crippen LogP contribution < -0.4 is 10.6 Å². The summed E-state index contributed by atoms with van der Waals surface area (Å²) >= 11 is 6.04. The maximum Gasteiger partial charge on any atom is 0.269 e. The third-order valence-corrected chi connectivity index (χ3v) is 6.06. The minimum absolute atomic E-state index is 0.0267. The fourth-order valence-corrected chi connectivity index (χ4v) is 4.26. The lowest BCUT2D eigenvalue weighted by Crippen LogP contribution is -2.31. The van der Waals surface area contributed by atoms with E-state index in [2.05, 4.69) is 10.6 Å². The lowest BCUT2D eigenvalue weighted by molar-refractivity contribution is -0.384. The van der Waals surface area contributed by atoms with Crippen molar-refractivity contribution in [1.29, 1.82) is 0 Å². The SMILES string of the molecule is CC1=C(C(=O)Nc2ccccc2)C(c2ccc([N+](=O)[O-])cc2)n2nc(-c3ccc(Cl)cc3)cc2N1. The minimum atomic E-state index is -0.600. The van der Waals surface area contributed by atoms with Gasteiger partial charge in [-0.05, 0) is 48.9 Å². The fourth-order valence-electron chi connectivity index (χ4n) is 4.13. The molecule has 1 aromatic heterocycles. The zero-order valence-electron chi connectivity index (χ0n) is 18.6. The number of hydrogen-bond acceptors (Lipinski definition) is 5. The number of fused-ring (bicyclic) bond motifs is 1. The molecule has 2 heterocycles. The summed E-state index contributed by atoms with van der Waals surface area (Å²) in [5.74, 6) is 0.408. The van der Waals surface area contributed by atoms with Crippen LogP contribution in [0.2, 0.25) is 5.02 Å². The van der Waals surface area contributed by atoms with E-state index in [1.54, 1.807) is 28.9 Å². The summed E-state index contributed by atoms with van der Waals surface area (Å²) in [6.45, 7) is 1.83. The number of nitrogens with one attached hydrogen (secondary N) is 2. The average Bonchev–Trinajstić information content (AvgIpc) is 3.27. The Balaban J connectivity index is 1.60. The van der Waals surface area contributed by atoms with Crippen molar-refractivity contribution in [2.24, 2.45) is 0 Å². The number of hydrogen-bond donors (Lipinski definition) is 2. The van der Waals surface area contributed by atoms with Crippen LogP contribution in [-0.4, -0.2) is 20.6 Å². The first-order valence-corrected chi connectivity index (χ1v) is 11.2. The summed E-state index contributed by atoms with van der Waals surface area (Å²) in [6.07, 6.45) is 0. The molecule has 1 aliphatic rings. The highest BCUT2D eigenvalue weighted by atomic mass is 35.5. The molecule has 5 rings (SSSR count). The Kier molecular flexibility index (Phi) is 5.80. The Morgan fingerprint density at radius 2 is 1.74 bits per heavy atom. The van der Waals surface area contributed by atoms with Crippen molar-refractivity contribution in [1.82, 2.24) is 9.78 Å². The van der Waals surface area contributed by atoms with Crippen LogP contribution in [0.1, 0.15) is 18.5 Å². The first kappa shape index (κ1) is 22.4. The minimum Gasteiger partial charge on any atom is -0.344 e. The second-order valence-electron chi connectivity index (χ2n) is 8.10. The van der Waals surface area contributed by atoms with E-state index in [4.69, 9.17) is 16.7 Å². The number of rotatable bonds is 5. The first-order chi connectivity index (χ1) is 16.9. The third-order valence-electron chi connectivity index (χ3n) is 5.81. The van der Waals surface area contributed by atoms with Crippen molar-refractivity contribution in [3.05, 3.63) is 117 Å². The Hall–Kier alpha value is -4.43. The third kappa shape index (κ3) is 4.39. The van der Waals surface area contributed by atoms with Gasteiger partial charge in [0.25, 0.3) is 11.6 Å². The van der Waals surface area contributed by atoms with Gasteiger partial charge in [0, 0.05) is 40.2 Å². The summed E-state index contributed by atoms with van der Waals surface area (Å²) in [6, 6.07) is 24.0. The van der Waals surface area contributed by atoms with E-state index in [-0.39, 0.29) is 11.6 Å². The smallest absolute Gasteiger partial charge is 0.269 e. The molecule has 1 amide bonds. The van der Waals surface area contributed by atoms with Gasteiger partial charge in [-0.3, -0.25) is 14.9 Å². The van der Waals surface area contributed by atoms with Crippen LogP contribution in [0.25, 0.3) is 11.3 Å². The molecule has 1 unspecified atom stereocenters. The van der Waals surface area contributed by atoms with E-state index in [9.17, 15) is 14.9 Å². The van der Waals surface area contributed by atoms with Crippen LogP contribution in [-0.2, 0) is 4.79 Å². The predicted octanol–water partition coefficient (Wildman–Crippen LogP) is 6.04. The quantitative estimate of drug-likeness (QED) is 0.265. The fraction of sp³-hybridized carbons (Fsp3) is 0.0769. The summed E-state index contributed by atoms with van der Waals surface area (Å²) in [5.41, 5.74) is 4.02. The number of benzene rings is 3. The van der Waals surface area contributed by atoms with Gasteiger partial charge in [-0.2, -0.15) is 5.10 Å². The van der Waals surface area contributed by atoms with E-state index in [1.165, 1.54) is 12.1 Å². The van der Waals surface area contributed by atoms with Crippen molar-refractivity contribution in [3.8, 4) is 11.3 Å². The molecule has 0 aliphatic carbocycles.